The van der Waals surface area contributed by atoms with Crippen molar-refractivity contribution < 1.29 is 4.74 Å². The summed E-state index contributed by atoms with van der Waals surface area (Å²) in [6, 6.07) is 6.23. The van der Waals surface area contributed by atoms with Crippen LogP contribution in [-0.4, -0.2) is 13.3 Å². The lowest BCUT2D eigenvalue weighted by Gasteiger charge is -2.16. The number of rotatable bonds is 4. The third kappa shape index (κ3) is 3.00. The Kier molecular flexibility index (Phi) is 4.42. The van der Waals surface area contributed by atoms with Crippen LogP contribution in [0.15, 0.2) is 22.7 Å². The summed E-state index contributed by atoms with van der Waals surface area (Å²) >= 11 is 3.46. The number of ether oxygens (including phenoxy) is 1. The van der Waals surface area contributed by atoms with Gasteiger partial charge in [0.05, 0.1) is 0 Å². The number of hydrogen-bond acceptors (Lipinski definition) is 2. The van der Waals surface area contributed by atoms with Crippen molar-refractivity contribution in [2.75, 3.05) is 12.4 Å². The Morgan fingerprint density at radius 3 is 2.79 bits per heavy atom. The van der Waals surface area contributed by atoms with E-state index >= 15 is 0 Å². The van der Waals surface area contributed by atoms with Gasteiger partial charge in [0.2, 0.25) is 0 Å². The highest BCUT2D eigenvalue weighted by molar-refractivity contribution is 9.10. The van der Waals surface area contributed by atoms with Gasteiger partial charge in [-0.15, -0.1) is 0 Å². The summed E-state index contributed by atoms with van der Waals surface area (Å²) in [5, 5.41) is 3.30. The summed E-state index contributed by atoms with van der Waals surface area (Å²) < 4.78 is 6.28. The molecule has 0 saturated heterocycles. The molecule has 2 nitrogen and oxygen atoms in total. The van der Waals surface area contributed by atoms with Crippen LogP contribution in [0.3, 0.4) is 0 Å². The van der Waals surface area contributed by atoms with Gasteiger partial charge in [-0.3, -0.25) is 0 Å². The molecule has 0 aliphatic heterocycles. The molecule has 0 amide bonds. The lowest BCUT2D eigenvalue weighted by atomic mass is 10.1. The zero-order valence-electron chi connectivity index (χ0n) is 8.80. The SMILES string of the molecule is CCc1cc(Br)ccc1NC(C)OC. The fourth-order valence-electron chi connectivity index (χ4n) is 1.27. The maximum absolute atomic E-state index is 5.16. The predicted octanol–water partition coefficient (Wildman–Crippen LogP) is 3.42. The Hall–Kier alpha value is -0.540. The molecule has 0 aliphatic rings. The number of benzene rings is 1. The van der Waals surface area contributed by atoms with E-state index < -0.39 is 0 Å². The van der Waals surface area contributed by atoms with Crippen molar-refractivity contribution in [2.45, 2.75) is 26.5 Å². The van der Waals surface area contributed by atoms with E-state index in [4.69, 9.17) is 4.74 Å². The zero-order chi connectivity index (χ0) is 10.6. The first-order chi connectivity index (χ1) is 6.67. The first kappa shape index (κ1) is 11.5. The fourth-order valence-corrected chi connectivity index (χ4v) is 1.68. The summed E-state index contributed by atoms with van der Waals surface area (Å²) in [5.74, 6) is 0. The van der Waals surface area contributed by atoms with E-state index in [2.05, 4.69) is 40.3 Å². The Morgan fingerprint density at radius 2 is 2.21 bits per heavy atom. The standard InChI is InChI=1S/C11H16BrNO/c1-4-9-7-10(12)5-6-11(9)13-8(2)14-3/h5-8,13H,4H2,1-3H3. The highest BCUT2D eigenvalue weighted by Crippen LogP contribution is 2.22. The highest BCUT2D eigenvalue weighted by atomic mass is 79.9. The highest BCUT2D eigenvalue weighted by Gasteiger charge is 2.04. The molecule has 3 heteroatoms. The van der Waals surface area contributed by atoms with Crippen LogP contribution in [0.2, 0.25) is 0 Å². The van der Waals surface area contributed by atoms with Gasteiger partial charge in [0.25, 0.3) is 0 Å². The molecule has 0 heterocycles. The molecular weight excluding hydrogens is 242 g/mol. The quantitative estimate of drug-likeness (QED) is 0.835. The minimum absolute atomic E-state index is 0.0430. The molecule has 1 unspecified atom stereocenters. The topological polar surface area (TPSA) is 21.3 Å². The third-order valence-corrected chi connectivity index (χ3v) is 2.65. The molecule has 0 saturated carbocycles. The van der Waals surface area contributed by atoms with Crippen molar-refractivity contribution in [3.8, 4) is 0 Å². The number of hydrogen-bond donors (Lipinski definition) is 1. The van der Waals surface area contributed by atoms with E-state index in [1.165, 1.54) is 5.56 Å². The average molecular weight is 258 g/mol. The number of aryl methyl sites for hydroxylation is 1. The van der Waals surface area contributed by atoms with E-state index in [0.717, 1.165) is 16.6 Å². The van der Waals surface area contributed by atoms with Gasteiger partial charge in [-0.1, -0.05) is 22.9 Å². The molecule has 0 bridgehead atoms. The van der Waals surface area contributed by atoms with Gasteiger partial charge in [0.15, 0.2) is 0 Å². The lowest BCUT2D eigenvalue weighted by molar-refractivity contribution is 0.141. The molecule has 1 aromatic rings. The van der Waals surface area contributed by atoms with Crippen LogP contribution in [0.25, 0.3) is 0 Å². The number of halogens is 1. The monoisotopic (exact) mass is 257 g/mol. The van der Waals surface area contributed by atoms with Crippen molar-refractivity contribution in [2.24, 2.45) is 0 Å². The van der Waals surface area contributed by atoms with Crippen molar-refractivity contribution in [3.63, 3.8) is 0 Å². The molecule has 1 N–H and O–H groups in total. The van der Waals surface area contributed by atoms with Gasteiger partial charge in [-0.2, -0.15) is 0 Å². The smallest absolute Gasteiger partial charge is 0.124 e. The van der Waals surface area contributed by atoms with Gasteiger partial charge in [-0.25, -0.2) is 0 Å². The normalized spacial score (nSPS) is 12.6. The summed E-state index contributed by atoms with van der Waals surface area (Å²) in [7, 11) is 1.70. The van der Waals surface area contributed by atoms with E-state index in [0.29, 0.717) is 0 Å². The molecule has 1 rings (SSSR count). The van der Waals surface area contributed by atoms with Crippen molar-refractivity contribution in [3.05, 3.63) is 28.2 Å². The molecular formula is C11H16BrNO. The van der Waals surface area contributed by atoms with Crippen LogP contribution in [0, 0.1) is 0 Å². The maximum atomic E-state index is 5.16. The Bertz CT molecular complexity index is 301. The molecule has 1 atom stereocenters. The second kappa shape index (κ2) is 5.37. The minimum atomic E-state index is 0.0430. The number of methoxy groups -OCH3 is 1. The maximum Gasteiger partial charge on any atom is 0.124 e. The lowest BCUT2D eigenvalue weighted by Crippen LogP contribution is -2.17. The summed E-state index contributed by atoms with van der Waals surface area (Å²) in [6.07, 6.45) is 1.06. The van der Waals surface area contributed by atoms with Crippen LogP contribution >= 0.6 is 15.9 Å². The van der Waals surface area contributed by atoms with E-state index in [9.17, 15) is 0 Å². The Labute approximate surface area is 93.8 Å². The average Bonchev–Trinajstić information content (AvgIpc) is 2.20. The van der Waals surface area contributed by atoms with Crippen molar-refractivity contribution in [1.82, 2.24) is 0 Å². The third-order valence-electron chi connectivity index (χ3n) is 2.16. The van der Waals surface area contributed by atoms with Crippen LogP contribution in [-0.2, 0) is 11.2 Å². The Balaban J connectivity index is 2.85. The van der Waals surface area contributed by atoms with Crippen molar-refractivity contribution in [1.29, 1.82) is 0 Å². The number of anilines is 1. The van der Waals surface area contributed by atoms with Crippen LogP contribution in [0.1, 0.15) is 19.4 Å². The van der Waals surface area contributed by atoms with Gasteiger partial charge in [0.1, 0.15) is 6.23 Å². The molecule has 0 spiro atoms. The molecule has 1 aromatic carbocycles. The van der Waals surface area contributed by atoms with Crippen LogP contribution in [0.4, 0.5) is 5.69 Å². The first-order valence-electron chi connectivity index (χ1n) is 4.75. The molecule has 0 aromatic heterocycles. The molecule has 14 heavy (non-hydrogen) atoms. The summed E-state index contributed by atoms with van der Waals surface area (Å²) in [6.45, 7) is 4.13. The minimum Gasteiger partial charge on any atom is -0.362 e. The van der Waals surface area contributed by atoms with E-state index in [-0.39, 0.29) is 6.23 Å². The van der Waals surface area contributed by atoms with Crippen LogP contribution < -0.4 is 5.32 Å². The van der Waals surface area contributed by atoms with E-state index in [1.54, 1.807) is 7.11 Å². The molecule has 0 radical (unpaired) electrons. The van der Waals surface area contributed by atoms with Crippen molar-refractivity contribution >= 4 is 21.6 Å². The summed E-state index contributed by atoms with van der Waals surface area (Å²) in [4.78, 5) is 0. The zero-order valence-corrected chi connectivity index (χ0v) is 10.4. The second-order valence-electron chi connectivity index (χ2n) is 3.18. The molecule has 0 fully saturated rings. The number of nitrogens with one attached hydrogen (secondary N) is 1. The summed E-state index contributed by atoms with van der Waals surface area (Å²) in [5.41, 5.74) is 2.44. The predicted molar refractivity (Wildman–Crippen MR) is 63.6 cm³/mol. The Morgan fingerprint density at radius 1 is 1.50 bits per heavy atom. The fraction of sp³-hybridized carbons (Fsp3) is 0.455. The van der Waals surface area contributed by atoms with Crippen LogP contribution in [0.5, 0.6) is 0 Å². The molecule has 78 valence electrons. The van der Waals surface area contributed by atoms with Gasteiger partial charge in [0, 0.05) is 17.3 Å². The molecule has 0 aliphatic carbocycles. The first-order valence-corrected chi connectivity index (χ1v) is 5.54. The van der Waals surface area contributed by atoms with Gasteiger partial charge in [-0.05, 0) is 37.1 Å². The van der Waals surface area contributed by atoms with Gasteiger partial charge < -0.3 is 10.1 Å². The van der Waals surface area contributed by atoms with E-state index in [1.807, 2.05) is 13.0 Å². The van der Waals surface area contributed by atoms with Gasteiger partial charge >= 0.3 is 0 Å². The second-order valence-corrected chi connectivity index (χ2v) is 4.09. The largest absolute Gasteiger partial charge is 0.362 e.